The summed E-state index contributed by atoms with van der Waals surface area (Å²) in [5, 5.41) is 20.8. The second-order valence-corrected chi connectivity index (χ2v) is 6.48. The maximum Gasteiger partial charge on any atom is 0.322 e. The van der Waals surface area contributed by atoms with Crippen LogP contribution in [-0.2, 0) is 14.8 Å². The summed E-state index contributed by atoms with van der Waals surface area (Å²) in [7, 11) is -3.93. The molecule has 0 bridgehead atoms. The van der Waals surface area contributed by atoms with Crippen molar-refractivity contribution in [3.63, 3.8) is 0 Å². The Balaban J connectivity index is 2.42. The molecule has 2 rings (SSSR count). The lowest BCUT2D eigenvalue weighted by atomic mass is 10.2. The van der Waals surface area contributed by atoms with Crippen LogP contribution in [-0.4, -0.2) is 47.3 Å². The van der Waals surface area contributed by atoms with Gasteiger partial charge in [0.1, 0.15) is 6.04 Å². The summed E-state index contributed by atoms with van der Waals surface area (Å²) in [4.78, 5) is 11.2. The van der Waals surface area contributed by atoms with Crippen molar-refractivity contribution in [2.24, 2.45) is 5.16 Å². The second-order valence-electron chi connectivity index (χ2n) is 4.59. The van der Waals surface area contributed by atoms with Gasteiger partial charge in [0.2, 0.25) is 10.0 Å². The maximum atomic E-state index is 12.4. The van der Waals surface area contributed by atoms with E-state index in [0.717, 1.165) is 9.87 Å². The molecule has 1 aromatic carbocycles. The van der Waals surface area contributed by atoms with Gasteiger partial charge in [-0.25, -0.2) is 8.42 Å². The fourth-order valence-electron chi connectivity index (χ4n) is 2.06. The quantitative estimate of drug-likeness (QED) is 0.630. The van der Waals surface area contributed by atoms with Crippen LogP contribution in [0.4, 0.5) is 0 Å². The van der Waals surface area contributed by atoms with Crippen molar-refractivity contribution in [3.05, 3.63) is 29.8 Å². The highest BCUT2D eigenvalue weighted by molar-refractivity contribution is 7.89. The van der Waals surface area contributed by atoms with Gasteiger partial charge in [-0.2, -0.15) is 4.31 Å². The number of rotatable bonds is 3. The van der Waals surface area contributed by atoms with Crippen molar-refractivity contribution < 1.29 is 23.5 Å². The molecule has 1 aliphatic heterocycles. The molecule has 1 atom stereocenters. The van der Waals surface area contributed by atoms with E-state index in [2.05, 4.69) is 5.16 Å². The molecule has 1 saturated heterocycles. The van der Waals surface area contributed by atoms with Crippen LogP contribution < -0.4 is 0 Å². The van der Waals surface area contributed by atoms with Gasteiger partial charge in [-0.3, -0.25) is 4.79 Å². The average molecular weight is 298 g/mol. The lowest BCUT2D eigenvalue weighted by Crippen LogP contribution is -2.40. The Kier molecular flexibility index (Phi) is 3.78. The molecule has 1 aliphatic rings. The predicted octanol–water partition coefficient (Wildman–Crippen LogP) is 0.673. The minimum absolute atomic E-state index is 0.0218. The molecule has 0 aliphatic carbocycles. The Hall–Kier alpha value is -1.93. The fraction of sp³-hybridized carbons (Fsp3) is 0.333. The average Bonchev–Trinajstić information content (AvgIpc) is 2.84. The minimum atomic E-state index is -3.93. The van der Waals surface area contributed by atoms with Gasteiger partial charge < -0.3 is 10.3 Å². The van der Waals surface area contributed by atoms with E-state index in [9.17, 15) is 13.2 Å². The van der Waals surface area contributed by atoms with Crippen LogP contribution in [0, 0.1) is 6.92 Å². The summed E-state index contributed by atoms with van der Waals surface area (Å²) in [5.41, 5.74) is 1.03. The molecule has 0 saturated carbocycles. The second kappa shape index (κ2) is 5.22. The standard InChI is InChI=1S/C12H14N2O5S/c1-8-2-4-10(5-3-8)20(18,19)14-7-9(13-17)6-11(14)12(15)16/h2-5,11,17H,6-7H2,1H3,(H,15,16)/t11-/m0/s1. The molecule has 108 valence electrons. The van der Waals surface area contributed by atoms with Gasteiger partial charge in [0.15, 0.2) is 0 Å². The molecule has 20 heavy (non-hydrogen) atoms. The fourth-order valence-corrected chi connectivity index (χ4v) is 3.63. The van der Waals surface area contributed by atoms with Gasteiger partial charge in [0, 0.05) is 6.42 Å². The van der Waals surface area contributed by atoms with E-state index in [-0.39, 0.29) is 23.6 Å². The summed E-state index contributed by atoms with van der Waals surface area (Å²) >= 11 is 0. The zero-order valence-electron chi connectivity index (χ0n) is 10.7. The molecule has 1 aromatic rings. The molecule has 0 spiro atoms. The van der Waals surface area contributed by atoms with Crippen LogP contribution >= 0.6 is 0 Å². The first-order chi connectivity index (χ1) is 9.36. The molecule has 0 aromatic heterocycles. The van der Waals surface area contributed by atoms with Crippen LogP contribution in [0.2, 0.25) is 0 Å². The molecule has 0 amide bonds. The number of aliphatic carboxylic acids is 1. The van der Waals surface area contributed by atoms with Crippen molar-refractivity contribution in [2.45, 2.75) is 24.3 Å². The van der Waals surface area contributed by atoms with Gasteiger partial charge in [-0.1, -0.05) is 22.9 Å². The third-order valence-corrected chi connectivity index (χ3v) is 5.04. The minimum Gasteiger partial charge on any atom is -0.480 e. The maximum absolute atomic E-state index is 12.4. The summed E-state index contributed by atoms with van der Waals surface area (Å²) < 4.78 is 25.7. The Morgan fingerprint density at radius 1 is 1.35 bits per heavy atom. The van der Waals surface area contributed by atoms with Crippen LogP contribution in [0.1, 0.15) is 12.0 Å². The lowest BCUT2D eigenvalue weighted by Gasteiger charge is -2.20. The van der Waals surface area contributed by atoms with Gasteiger partial charge in [0.25, 0.3) is 0 Å². The summed E-state index contributed by atoms with van der Waals surface area (Å²) in [6.45, 7) is 1.60. The number of oxime groups is 1. The molecular formula is C12H14N2O5S. The van der Waals surface area contributed by atoms with Gasteiger partial charge in [-0.15, -0.1) is 0 Å². The highest BCUT2D eigenvalue weighted by atomic mass is 32.2. The smallest absolute Gasteiger partial charge is 0.322 e. The normalized spacial score (nSPS) is 22.2. The first-order valence-corrected chi connectivity index (χ1v) is 7.31. The Labute approximate surface area is 116 Å². The number of hydrogen-bond acceptors (Lipinski definition) is 5. The van der Waals surface area contributed by atoms with Crippen molar-refractivity contribution in [3.8, 4) is 0 Å². The first-order valence-electron chi connectivity index (χ1n) is 5.87. The molecule has 0 unspecified atom stereocenters. The molecular weight excluding hydrogens is 284 g/mol. The number of sulfonamides is 1. The molecule has 1 heterocycles. The number of nitrogens with zero attached hydrogens (tertiary/aromatic N) is 2. The Morgan fingerprint density at radius 3 is 2.45 bits per heavy atom. The van der Waals surface area contributed by atoms with Crippen molar-refractivity contribution in [1.29, 1.82) is 0 Å². The Bertz CT molecular complexity index is 651. The van der Waals surface area contributed by atoms with Crippen molar-refractivity contribution >= 4 is 21.7 Å². The topological polar surface area (TPSA) is 107 Å². The summed E-state index contributed by atoms with van der Waals surface area (Å²) in [6.07, 6.45) is -0.114. The zero-order valence-corrected chi connectivity index (χ0v) is 11.5. The summed E-state index contributed by atoms with van der Waals surface area (Å²) in [6, 6.07) is 4.89. The highest BCUT2D eigenvalue weighted by Crippen LogP contribution is 2.25. The molecule has 1 fully saturated rings. The predicted molar refractivity (Wildman–Crippen MR) is 70.3 cm³/mol. The number of carboxylic acids is 1. The van der Waals surface area contributed by atoms with Crippen molar-refractivity contribution in [2.75, 3.05) is 6.54 Å². The van der Waals surface area contributed by atoms with E-state index in [1.165, 1.54) is 12.1 Å². The van der Waals surface area contributed by atoms with Crippen LogP contribution in [0.15, 0.2) is 34.3 Å². The van der Waals surface area contributed by atoms with E-state index >= 15 is 0 Å². The monoisotopic (exact) mass is 298 g/mol. The van der Waals surface area contributed by atoms with Gasteiger partial charge in [0.05, 0.1) is 17.2 Å². The Morgan fingerprint density at radius 2 is 1.95 bits per heavy atom. The number of carbonyl (C=O) groups is 1. The van der Waals surface area contributed by atoms with Crippen LogP contribution in [0.3, 0.4) is 0 Å². The summed E-state index contributed by atoms with van der Waals surface area (Å²) in [5.74, 6) is -1.26. The molecule has 8 heteroatoms. The molecule has 2 N–H and O–H groups in total. The van der Waals surface area contributed by atoms with Crippen LogP contribution in [0.25, 0.3) is 0 Å². The van der Waals surface area contributed by atoms with Gasteiger partial charge >= 0.3 is 5.97 Å². The van der Waals surface area contributed by atoms with E-state index < -0.39 is 22.0 Å². The van der Waals surface area contributed by atoms with E-state index in [1.54, 1.807) is 12.1 Å². The van der Waals surface area contributed by atoms with E-state index in [1.807, 2.05) is 6.92 Å². The third kappa shape index (κ3) is 2.52. The molecule has 0 radical (unpaired) electrons. The van der Waals surface area contributed by atoms with E-state index in [4.69, 9.17) is 10.3 Å². The first kappa shape index (κ1) is 14.5. The number of benzene rings is 1. The zero-order chi connectivity index (χ0) is 14.9. The van der Waals surface area contributed by atoms with Gasteiger partial charge in [-0.05, 0) is 19.1 Å². The van der Waals surface area contributed by atoms with Crippen LogP contribution in [0.5, 0.6) is 0 Å². The lowest BCUT2D eigenvalue weighted by molar-refractivity contribution is -0.140. The largest absolute Gasteiger partial charge is 0.480 e. The SMILES string of the molecule is Cc1ccc(S(=O)(=O)N2CC(=NO)C[C@H]2C(=O)O)cc1. The highest BCUT2D eigenvalue weighted by Gasteiger charge is 2.42. The number of carboxylic acid groups (broad SMARTS) is 1. The van der Waals surface area contributed by atoms with E-state index in [0.29, 0.717) is 0 Å². The number of aryl methyl sites for hydroxylation is 1. The van der Waals surface area contributed by atoms with Crippen molar-refractivity contribution in [1.82, 2.24) is 4.31 Å². The molecule has 7 nitrogen and oxygen atoms in total. The number of hydrogen-bond donors (Lipinski definition) is 2. The third-order valence-electron chi connectivity index (χ3n) is 3.17.